The molecule has 1 fully saturated rings. The Hall–Kier alpha value is -1.95. The molecule has 3 rings (SSSR count). The van der Waals surface area contributed by atoms with Gasteiger partial charge in [-0.2, -0.15) is 10.4 Å². The van der Waals surface area contributed by atoms with Crippen molar-refractivity contribution in [2.75, 3.05) is 20.2 Å². The zero-order valence-corrected chi connectivity index (χ0v) is 18.7. The number of hydrogen-bond donors (Lipinski definition) is 2. The van der Waals surface area contributed by atoms with Crippen LogP contribution in [0.15, 0.2) is 30.5 Å². The highest BCUT2D eigenvalue weighted by Crippen LogP contribution is 2.24. The molecule has 162 valence electrons. The predicted molar refractivity (Wildman–Crippen MR) is 119 cm³/mol. The maximum atomic E-state index is 9.02. The molecule has 3 atom stereocenters. The lowest BCUT2D eigenvalue weighted by molar-refractivity contribution is -0.107. The molecule has 1 aromatic heterocycles. The van der Waals surface area contributed by atoms with Crippen molar-refractivity contribution in [3.05, 3.63) is 41.0 Å². The average Bonchev–Trinajstić information content (AvgIpc) is 3.20. The van der Waals surface area contributed by atoms with Crippen LogP contribution in [0.3, 0.4) is 0 Å². The van der Waals surface area contributed by atoms with Gasteiger partial charge in [0.2, 0.25) is 0 Å². The highest BCUT2D eigenvalue weighted by molar-refractivity contribution is 6.32. The van der Waals surface area contributed by atoms with E-state index in [1.54, 1.807) is 12.1 Å². The number of nitrogens with zero attached hydrogens (tertiary/aromatic N) is 4. The minimum absolute atomic E-state index is 0.149. The zero-order valence-electron chi connectivity index (χ0n) is 17.9. The molecule has 2 unspecified atom stereocenters. The van der Waals surface area contributed by atoms with Crippen LogP contribution in [0, 0.1) is 11.3 Å². The van der Waals surface area contributed by atoms with Crippen LogP contribution < -0.4 is 10.7 Å². The molecule has 1 saturated heterocycles. The molecule has 0 aliphatic carbocycles. The molecule has 0 radical (unpaired) electrons. The van der Waals surface area contributed by atoms with Crippen LogP contribution in [0.25, 0.3) is 11.3 Å². The minimum atomic E-state index is 0.149. The standard InChI is InChI=1S/C22H31ClN6O/c1-16(26-17(2)15-29(25-3)22-6-4-5-11-30-22)14-28-10-9-21(27-28)18-7-8-19(13-24)20(23)12-18/h7-10,12,16-17,22,25-26H,4-6,11,14-15H2,1-3H3/t16-,17?,22?/m0/s1. The number of hydrazine groups is 1. The van der Waals surface area contributed by atoms with E-state index in [0.29, 0.717) is 16.6 Å². The summed E-state index contributed by atoms with van der Waals surface area (Å²) in [6.07, 6.45) is 5.56. The maximum Gasteiger partial charge on any atom is 0.123 e. The van der Waals surface area contributed by atoms with Gasteiger partial charge in [0, 0.05) is 37.0 Å². The van der Waals surface area contributed by atoms with Crippen molar-refractivity contribution in [3.63, 3.8) is 0 Å². The number of rotatable bonds is 9. The largest absolute Gasteiger partial charge is 0.362 e. The second-order valence-corrected chi connectivity index (χ2v) is 8.30. The Morgan fingerprint density at radius 2 is 2.17 bits per heavy atom. The number of nitrogens with one attached hydrogen (secondary N) is 2. The number of hydrogen-bond acceptors (Lipinski definition) is 6. The molecule has 0 amide bonds. The van der Waals surface area contributed by atoms with Gasteiger partial charge >= 0.3 is 0 Å². The average molecular weight is 431 g/mol. The summed E-state index contributed by atoms with van der Waals surface area (Å²) in [6.45, 7) is 6.81. The van der Waals surface area contributed by atoms with Gasteiger partial charge in [-0.1, -0.05) is 17.7 Å². The third kappa shape index (κ3) is 6.03. The van der Waals surface area contributed by atoms with Gasteiger partial charge in [0.15, 0.2) is 0 Å². The summed E-state index contributed by atoms with van der Waals surface area (Å²) < 4.78 is 7.83. The zero-order chi connectivity index (χ0) is 21.5. The fourth-order valence-corrected chi connectivity index (χ4v) is 4.09. The molecule has 30 heavy (non-hydrogen) atoms. The van der Waals surface area contributed by atoms with E-state index < -0.39 is 0 Å². The molecule has 1 aromatic carbocycles. The molecule has 2 aromatic rings. The number of nitriles is 1. The first kappa shape index (κ1) is 22.7. The lowest BCUT2D eigenvalue weighted by Crippen LogP contribution is -2.53. The first-order chi connectivity index (χ1) is 14.5. The summed E-state index contributed by atoms with van der Waals surface area (Å²) in [6, 6.07) is 9.99. The van der Waals surface area contributed by atoms with E-state index in [1.165, 1.54) is 6.42 Å². The first-order valence-corrected chi connectivity index (χ1v) is 10.9. The Bertz CT molecular complexity index is 858. The smallest absolute Gasteiger partial charge is 0.123 e. The Kier molecular flexibility index (Phi) is 8.25. The summed E-state index contributed by atoms with van der Waals surface area (Å²) in [7, 11) is 1.95. The summed E-state index contributed by atoms with van der Waals surface area (Å²) in [5.74, 6) is 0. The lowest BCUT2D eigenvalue weighted by Gasteiger charge is -2.35. The van der Waals surface area contributed by atoms with E-state index >= 15 is 0 Å². The topological polar surface area (TPSA) is 78.1 Å². The van der Waals surface area contributed by atoms with Gasteiger partial charge in [0.25, 0.3) is 0 Å². The van der Waals surface area contributed by atoms with E-state index in [-0.39, 0.29) is 12.3 Å². The van der Waals surface area contributed by atoms with Crippen LogP contribution >= 0.6 is 11.6 Å². The van der Waals surface area contributed by atoms with Crippen molar-refractivity contribution in [3.8, 4) is 17.3 Å². The molecule has 1 aliphatic heterocycles. The number of halogens is 1. The van der Waals surface area contributed by atoms with Gasteiger partial charge in [-0.3, -0.25) is 10.1 Å². The first-order valence-electron chi connectivity index (χ1n) is 10.5. The molecule has 7 nitrogen and oxygen atoms in total. The monoisotopic (exact) mass is 430 g/mol. The minimum Gasteiger partial charge on any atom is -0.362 e. The number of ether oxygens (including phenoxy) is 1. The van der Waals surface area contributed by atoms with Gasteiger partial charge < -0.3 is 10.1 Å². The van der Waals surface area contributed by atoms with E-state index in [4.69, 9.17) is 21.6 Å². The van der Waals surface area contributed by atoms with Crippen molar-refractivity contribution >= 4 is 11.6 Å². The van der Waals surface area contributed by atoms with Crippen LogP contribution in [0.4, 0.5) is 0 Å². The van der Waals surface area contributed by atoms with Crippen molar-refractivity contribution in [2.24, 2.45) is 0 Å². The normalized spacial score (nSPS) is 18.9. The van der Waals surface area contributed by atoms with E-state index in [9.17, 15) is 0 Å². The molecule has 0 bridgehead atoms. The second kappa shape index (κ2) is 10.9. The van der Waals surface area contributed by atoms with E-state index in [2.05, 4.69) is 40.8 Å². The van der Waals surface area contributed by atoms with Crippen molar-refractivity contribution in [1.82, 2.24) is 25.5 Å². The van der Waals surface area contributed by atoms with Crippen molar-refractivity contribution in [2.45, 2.75) is 58.0 Å². The van der Waals surface area contributed by atoms with Gasteiger partial charge in [-0.05, 0) is 58.4 Å². The Morgan fingerprint density at radius 1 is 1.33 bits per heavy atom. The van der Waals surface area contributed by atoms with Gasteiger partial charge in [-0.15, -0.1) is 0 Å². The van der Waals surface area contributed by atoms with Crippen LogP contribution in [0.1, 0.15) is 38.7 Å². The summed E-state index contributed by atoms with van der Waals surface area (Å²) in [5, 5.41) is 20.0. The Balaban J connectivity index is 1.53. The van der Waals surface area contributed by atoms with Crippen LogP contribution in [0.5, 0.6) is 0 Å². The van der Waals surface area contributed by atoms with E-state index in [0.717, 1.165) is 43.8 Å². The molecule has 1 aliphatic rings. The van der Waals surface area contributed by atoms with Crippen molar-refractivity contribution in [1.29, 1.82) is 5.26 Å². The molecule has 2 N–H and O–H groups in total. The molecule has 0 spiro atoms. The highest BCUT2D eigenvalue weighted by Gasteiger charge is 2.23. The number of benzene rings is 1. The summed E-state index contributed by atoms with van der Waals surface area (Å²) in [5.41, 5.74) is 5.50. The fraction of sp³-hybridized carbons (Fsp3) is 0.545. The Labute approximate surface area is 183 Å². The van der Waals surface area contributed by atoms with Crippen LogP contribution in [0.2, 0.25) is 5.02 Å². The molecule has 0 saturated carbocycles. The summed E-state index contributed by atoms with van der Waals surface area (Å²) >= 11 is 6.15. The quantitative estimate of drug-likeness (QED) is 0.593. The van der Waals surface area contributed by atoms with E-state index in [1.807, 2.05) is 30.1 Å². The van der Waals surface area contributed by atoms with Crippen LogP contribution in [-0.2, 0) is 11.3 Å². The lowest BCUT2D eigenvalue weighted by atomic mass is 10.1. The number of aromatic nitrogens is 2. The third-order valence-electron chi connectivity index (χ3n) is 5.32. The third-order valence-corrected chi connectivity index (χ3v) is 5.63. The molecular weight excluding hydrogens is 400 g/mol. The predicted octanol–water partition coefficient (Wildman–Crippen LogP) is 3.40. The van der Waals surface area contributed by atoms with Gasteiger partial charge in [0.1, 0.15) is 12.3 Å². The van der Waals surface area contributed by atoms with Crippen molar-refractivity contribution < 1.29 is 4.74 Å². The second-order valence-electron chi connectivity index (χ2n) is 7.90. The Morgan fingerprint density at radius 3 is 2.83 bits per heavy atom. The maximum absolute atomic E-state index is 9.02. The SMILES string of the molecule is CNN(CC(C)N[C@@H](C)Cn1ccc(-c2ccc(C#N)c(Cl)c2)n1)C1CCCCO1. The summed E-state index contributed by atoms with van der Waals surface area (Å²) in [4.78, 5) is 0. The van der Waals surface area contributed by atoms with Crippen LogP contribution in [-0.4, -0.2) is 53.3 Å². The highest BCUT2D eigenvalue weighted by atomic mass is 35.5. The molecule has 2 heterocycles. The van der Waals surface area contributed by atoms with Gasteiger partial charge in [-0.25, -0.2) is 5.01 Å². The van der Waals surface area contributed by atoms with Gasteiger partial charge in [0.05, 0.1) is 22.8 Å². The molecule has 8 heteroatoms. The molecular formula is C22H31ClN6O. The fourth-order valence-electron chi connectivity index (χ4n) is 3.87.